The zero-order chi connectivity index (χ0) is 22.3. The summed E-state index contributed by atoms with van der Waals surface area (Å²) in [6, 6.07) is 5.91. The molecule has 0 aliphatic carbocycles. The van der Waals surface area contributed by atoms with Crippen molar-refractivity contribution in [1.82, 2.24) is 9.80 Å². The van der Waals surface area contributed by atoms with E-state index >= 15 is 0 Å². The van der Waals surface area contributed by atoms with Crippen molar-refractivity contribution in [2.75, 3.05) is 53.7 Å². The zero-order valence-corrected chi connectivity index (χ0v) is 19.0. The fourth-order valence-electron chi connectivity index (χ4n) is 3.51. The number of hydrogen-bond acceptors (Lipinski definition) is 6. The Kier molecular flexibility index (Phi) is 9.02. The van der Waals surface area contributed by atoms with Crippen molar-refractivity contribution in [3.63, 3.8) is 0 Å². The molecule has 1 aliphatic heterocycles. The molecule has 0 unspecified atom stereocenters. The maximum Gasteiger partial charge on any atom is 0.277 e. The molecule has 0 fully saturated rings. The number of carbonyl (C=O) groups is 2. The van der Waals surface area contributed by atoms with Gasteiger partial charge in [0.15, 0.2) is 0 Å². The van der Waals surface area contributed by atoms with Gasteiger partial charge in [0.05, 0.1) is 38.0 Å². The summed E-state index contributed by atoms with van der Waals surface area (Å²) in [6.07, 6.45) is 0.0314. The van der Waals surface area contributed by atoms with Gasteiger partial charge in [0.25, 0.3) is 11.8 Å². The van der Waals surface area contributed by atoms with Crippen LogP contribution in [0.5, 0.6) is 0 Å². The van der Waals surface area contributed by atoms with Crippen molar-refractivity contribution in [3.05, 3.63) is 40.6 Å². The van der Waals surface area contributed by atoms with Gasteiger partial charge in [-0.15, -0.1) is 0 Å². The first-order chi connectivity index (χ1) is 14.3. The Labute approximate surface area is 179 Å². The minimum absolute atomic E-state index is 0.0314. The van der Waals surface area contributed by atoms with Crippen LogP contribution >= 0.6 is 0 Å². The Morgan fingerprint density at radius 1 is 0.967 bits per heavy atom. The number of carbonyl (C=O) groups excluding carboxylic acids is 2. The zero-order valence-electron chi connectivity index (χ0n) is 19.0. The van der Waals surface area contributed by atoms with Gasteiger partial charge in [0.1, 0.15) is 5.70 Å². The number of benzene rings is 1. The van der Waals surface area contributed by atoms with E-state index in [4.69, 9.17) is 14.2 Å². The van der Waals surface area contributed by atoms with E-state index in [0.717, 1.165) is 16.7 Å². The molecule has 1 aromatic rings. The van der Waals surface area contributed by atoms with E-state index in [-0.39, 0.29) is 24.5 Å². The van der Waals surface area contributed by atoms with Crippen LogP contribution in [-0.4, -0.2) is 81.4 Å². The molecule has 0 saturated heterocycles. The number of ether oxygens (including phenoxy) is 3. The van der Waals surface area contributed by atoms with Gasteiger partial charge >= 0.3 is 0 Å². The predicted molar refractivity (Wildman–Crippen MR) is 116 cm³/mol. The Hall–Kier alpha value is -2.22. The van der Waals surface area contributed by atoms with E-state index in [0.29, 0.717) is 44.2 Å². The molecule has 0 bridgehead atoms. The number of hydrogen-bond donors (Lipinski definition) is 0. The van der Waals surface area contributed by atoms with Crippen LogP contribution in [0.1, 0.15) is 30.5 Å². The summed E-state index contributed by atoms with van der Waals surface area (Å²) in [4.78, 5) is 30.0. The third-order valence-electron chi connectivity index (χ3n) is 5.01. The summed E-state index contributed by atoms with van der Waals surface area (Å²) >= 11 is 0. The normalized spacial score (nSPS) is 14.4. The number of amides is 2. The van der Waals surface area contributed by atoms with Crippen LogP contribution in [0.4, 0.5) is 0 Å². The average molecular weight is 419 g/mol. The van der Waals surface area contributed by atoms with E-state index in [1.54, 1.807) is 14.2 Å². The minimum Gasteiger partial charge on any atom is -0.383 e. The quantitative estimate of drug-likeness (QED) is 0.486. The smallest absolute Gasteiger partial charge is 0.277 e. The van der Waals surface area contributed by atoms with Gasteiger partial charge in [-0.05, 0) is 38.8 Å². The molecule has 1 heterocycles. The van der Waals surface area contributed by atoms with E-state index in [9.17, 15) is 9.59 Å². The van der Waals surface area contributed by atoms with Crippen molar-refractivity contribution in [1.29, 1.82) is 0 Å². The second kappa shape index (κ2) is 11.2. The Bertz CT molecular complexity index is 780. The predicted octanol–water partition coefficient (Wildman–Crippen LogP) is 2.40. The first-order valence-electron chi connectivity index (χ1n) is 10.3. The molecule has 7 heteroatoms. The lowest BCUT2D eigenvalue weighted by Gasteiger charge is -2.26. The van der Waals surface area contributed by atoms with Crippen LogP contribution in [0.2, 0.25) is 0 Å². The van der Waals surface area contributed by atoms with Gasteiger partial charge in [-0.3, -0.25) is 14.5 Å². The van der Waals surface area contributed by atoms with E-state index in [1.807, 2.05) is 50.8 Å². The number of nitrogens with zero attached hydrogens (tertiary/aromatic N) is 2. The molecule has 0 spiro atoms. The summed E-state index contributed by atoms with van der Waals surface area (Å²) < 4.78 is 16.1. The standard InChI is InChI=1S/C23H34N2O5/c1-16(2)30-14-11-25-22(26)20(19-8-7-17(3)15-18(19)4)21(23(25)27)24(9-12-28-5)10-13-29-6/h7-8,15-16H,9-14H2,1-6H3. The first kappa shape index (κ1) is 24.1. The lowest BCUT2D eigenvalue weighted by Crippen LogP contribution is -2.39. The van der Waals surface area contributed by atoms with Crippen LogP contribution in [0, 0.1) is 13.8 Å². The maximum absolute atomic E-state index is 13.4. The van der Waals surface area contributed by atoms with Gasteiger partial charge in [-0.2, -0.15) is 0 Å². The van der Waals surface area contributed by atoms with Gasteiger partial charge in [0, 0.05) is 27.3 Å². The van der Waals surface area contributed by atoms with Crippen molar-refractivity contribution >= 4 is 17.4 Å². The lowest BCUT2D eigenvalue weighted by molar-refractivity contribution is -0.138. The monoisotopic (exact) mass is 418 g/mol. The van der Waals surface area contributed by atoms with Crippen LogP contribution in [0.15, 0.2) is 23.9 Å². The maximum atomic E-state index is 13.4. The number of imide groups is 1. The molecule has 0 radical (unpaired) electrons. The highest BCUT2D eigenvalue weighted by molar-refractivity contribution is 6.35. The topological polar surface area (TPSA) is 68.3 Å². The van der Waals surface area contributed by atoms with Gasteiger partial charge < -0.3 is 19.1 Å². The van der Waals surface area contributed by atoms with Crippen LogP contribution in [-0.2, 0) is 23.8 Å². The highest BCUT2D eigenvalue weighted by Crippen LogP contribution is 2.33. The Balaban J connectivity index is 2.49. The largest absolute Gasteiger partial charge is 0.383 e. The fourth-order valence-corrected chi connectivity index (χ4v) is 3.51. The van der Waals surface area contributed by atoms with E-state index < -0.39 is 0 Å². The third-order valence-corrected chi connectivity index (χ3v) is 5.01. The third kappa shape index (κ3) is 5.68. The SMILES string of the molecule is COCCN(CCOC)C1=C(c2ccc(C)cc2C)C(=O)N(CCOC(C)C)C1=O. The molecule has 2 amide bonds. The highest BCUT2D eigenvalue weighted by Gasteiger charge is 2.41. The summed E-state index contributed by atoms with van der Waals surface area (Å²) in [5.41, 5.74) is 3.69. The van der Waals surface area contributed by atoms with Gasteiger partial charge in [-0.25, -0.2) is 0 Å². The summed E-state index contributed by atoms with van der Waals surface area (Å²) in [5.74, 6) is -0.580. The molecule has 166 valence electrons. The average Bonchev–Trinajstić information content (AvgIpc) is 2.93. The van der Waals surface area contributed by atoms with E-state index in [1.165, 1.54) is 4.90 Å². The van der Waals surface area contributed by atoms with E-state index in [2.05, 4.69) is 0 Å². The second-order valence-electron chi connectivity index (χ2n) is 7.70. The molecular formula is C23H34N2O5. The molecule has 30 heavy (non-hydrogen) atoms. The molecule has 2 rings (SSSR count). The van der Waals surface area contributed by atoms with Crippen molar-refractivity contribution in [2.45, 2.75) is 33.8 Å². The molecule has 0 N–H and O–H groups in total. The lowest BCUT2D eigenvalue weighted by atomic mass is 9.97. The van der Waals surface area contributed by atoms with Crippen LogP contribution in [0.25, 0.3) is 5.57 Å². The number of aryl methyl sites for hydroxylation is 2. The van der Waals surface area contributed by atoms with Crippen molar-refractivity contribution < 1.29 is 23.8 Å². The van der Waals surface area contributed by atoms with Gasteiger partial charge in [0.2, 0.25) is 0 Å². The highest BCUT2D eigenvalue weighted by atomic mass is 16.5. The second-order valence-corrected chi connectivity index (χ2v) is 7.70. The summed E-state index contributed by atoms with van der Waals surface area (Å²) in [5, 5.41) is 0. The van der Waals surface area contributed by atoms with Crippen LogP contribution in [0.3, 0.4) is 0 Å². The fraction of sp³-hybridized carbons (Fsp3) is 0.565. The van der Waals surface area contributed by atoms with Crippen molar-refractivity contribution in [3.8, 4) is 0 Å². The first-order valence-corrected chi connectivity index (χ1v) is 10.3. The van der Waals surface area contributed by atoms with Crippen molar-refractivity contribution in [2.24, 2.45) is 0 Å². The number of rotatable bonds is 12. The summed E-state index contributed by atoms with van der Waals surface area (Å²) in [6.45, 7) is 10.2. The molecule has 7 nitrogen and oxygen atoms in total. The summed E-state index contributed by atoms with van der Waals surface area (Å²) in [7, 11) is 3.23. The van der Waals surface area contributed by atoms with Crippen LogP contribution < -0.4 is 0 Å². The number of methoxy groups -OCH3 is 2. The molecule has 0 aromatic heterocycles. The molecule has 1 aromatic carbocycles. The molecule has 0 saturated carbocycles. The Morgan fingerprint density at radius 2 is 1.60 bits per heavy atom. The van der Waals surface area contributed by atoms with Gasteiger partial charge in [-0.1, -0.05) is 23.8 Å². The Morgan fingerprint density at radius 3 is 2.13 bits per heavy atom. The molecule has 1 aliphatic rings. The minimum atomic E-state index is -0.297. The molecular weight excluding hydrogens is 384 g/mol. The molecule has 0 atom stereocenters.